The van der Waals surface area contributed by atoms with E-state index in [0.29, 0.717) is 0 Å². The van der Waals surface area contributed by atoms with Gasteiger partial charge in [0.05, 0.1) is 11.7 Å². The molecule has 6 rings (SSSR count). The van der Waals surface area contributed by atoms with Crippen LogP contribution in [0.25, 0.3) is 11.3 Å². The molecule has 0 bridgehead atoms. The van der Waals surface area contributed by atoms with Gasteiger partial charge in [-0.05, 0) is 40.5 Å². The molecule has 1 aromatic heterocycles. The van der Waals surface area contributed by atoms with E-state index in [1.54, 1.807) is 12.4 Å². The lowest BCUT2D eigenvalue weighted by atomic mass is 9.88. The topological polar surface area (TPSA) is 115 Å². The average Bonchev–Trinajstić information content (AvgIpc) is 3.02. The average molecular weight is 543 g/mol. The lowest BCUT2D eigenvalue weighted by molar-refractivity contribution is -0.114. The number of anilines is 1. The Morgan fingerprint density at radius 2 is 1.78 bits per heavy atom. The lowest BCUT2D eigenvalue weighted by Gasteiger charge is -2.37. The molecule has 1 amide bonds. The van der Waals surface area contributed by atoms with Crippen LogP contribution in [0.4, 0.5) is 5.82 Å². The number of aliphatic imine (C=N–C) groups is 1. The molecule has 2 N–H and O–H groups in total. The number of carbonyl (C=O) groups is 1. The van der Waals surface area contributed by atoms with E-state index in [2.05, 4.69) is 79.2 Å². The number of carbonyl (C=O) groups excluding carboxylic acids is 1. The van der Waals surface area contributed by atoms with E-state index in [9.17, 15) is 4.79 Å². The van der Waals surface area contributed by atoms with Gasteiger partial charge in [-0.3, -0.25) is 14.7 Å². The van der Waals surface area contributed by atoms with Gasteiger partial charge in [0, 0.05) is 57.8 Å². The maximum atomic E-state index is 11.9. The Labute approximate surface area is 239 Å². The molecule has 9 nitrogen and oxygen atoms in total. The Morgan fingerprint density at radius 3 is 2.49 bits per heavy atom. The van der Waals surface area contributed by atoms with Crippen molar-refractivity contribution in [1.29, 1.82) is 5.26 Å². The largest absolute Gasteiger partial charge is 0.364 e. The summed E-state index contributed by atoms with van der Waals surface area (Å²) >= 11 is 0. The van der Waals surface area contributed by atoms with Gasteiger partial charge in [-0.15, -0.1) is 0 Å². The molecular formula is C32H30N8O. The third-order valence-electron chi connectivity index (χ3n) is 7.75. The zero-order valence-corrected chi connectivity index (χ0v) is 22.8. The Kier molecular flexibility index (Phi) is 7.15. The van der Waals surface area contributed by atoms with Crippen LogP contribution in [-0.2, 0) is 11.3 Å². The van der Waals surface area contributed by atoms with Crippen LogP contribution in [0.1, 0.15) is 22.5 Å². The molecule has 0 spiro atoms. The number of amides is 1. The zero-order valence-electron chi connectivity index (χ0n) is 22.8. The Balaban J connectivity index is 1.22. The van der Waals surface area contributed by atoms with Gasteiger partial charge in [0.15, 0.2) is 0 Å². The number of benzene rings is 2. The molecular weight excluding hydrogens is 512 g/mol. The maximum absolute atomic E-state index is 11.9. The summed E-state index contributed by atoms with van der Waals surface area (Å²) in [4.78, 5) is 31.3. The number of aromatic nitrogens is 2. The number of hydrogen-bond acceptors (Lipinski definition) is 8. The van der Waals surface area contributed by atoms with Crippen LogP contribution < -0.4 is 10.6 Å². The molecule has 204 valence electrons. The van der Waals surface area contributed by atoms with Crippen molar-refractivity contribution in [2.24, 2.45) is 10.7 Å². The molecule has 41 heavy (non-hydrogen) atoms. The number of nitrogens with zero attached hydrogens (tertiary/aromatic N) is 7. The number of nitriles is 1. The predicted molar refractivity (Wildman–Crippen MR) is 159 cm³/mol. The van der Waals surface area contributed by atoms with Gasteiger partial charge in [-0.1, -0.05) is 54.6 Å². The van der Waals surface area contributed by atoms with Crippen molar-refractivity contribution in [2.75, 3.05) is 38.1 Å². The number of primary amides is 1. The summed E-state index contributed by atoms with van der Waals surface area (Å²) in [5.41, 5.74) is 12.5. The summed E-state index contributed by atoms with van der Waals surface area (Å²) in [7, 11) is 2.05. The molecule has 0 aliphatic carbocycles. The molecule has 3 aliphatic heterocycles. The summed E-state index contributed by atoms with van der Waals surface area (Å²) in [5.74, 6) is 0.480. The molecule has 1 atom stereocenters. The minimum atomic E-state index is -0.526. The highest BCUT2D eigenvalue weighted by atomic mass is 16.1. The highest BCUT2D eigenvalue weighted by Gasteiger charge is 2.30. The van der Waals surface area contributed by atoms with Crippen molar-refractivity contribution in [3.8, 4) is 6.07 Å². The first-order valence-corrected chi connectivity index (χ1v) is 13.6. The number of piperazine rings is 1. The standard InChI is InChI=1S/C32H30N8O/c1-38-28-18-27(32(34)41)36-20-25(28)17-26(23-5-3-2-4-6-23)31(38)24-9-7-22(8-10-24)21-39-13-15-40(16-14-39)30-11-12-35-29(19-33)37-30/h2-12,17-18,20,28H,13-16,21H2,1H3,(H2,34,41). The second-order valence-corrected chi connectivity index (χ2v) is 10.3. The number of likely N-dealkylation sites (N-methyl/N-ethyl adjacent to an activating group) is 1. The fraction of sp³-hybridized carbons (Fsp3) is 0.219. The Hall–Kier alpha value is -5.07. The van der Waals surface area contributed by atoms with Gasteiger partial charge < -0.3 is 15.5 Å². The first-order valence-electron chi connectivity index (χ1n) is 13.6. The SMILES string of the molecule is CN1C(c2ccc(CN3CCN(c4ccnc(C#N)n4)CC3)cc2)=C(c2ccccc2)C=C2C=NC(C(N)=O)=CC21. The van der Waals surface area contributed by atoms with Crippen molar-refractivity contribution in [3.05, 3.63) is 113 Å². The second-order valence-electron chi connectivity index (χ2n) is 10.3. The predicted octanol–water partition coefficient (Wildman–Crippen LogP) is 3.23. The molecule has 2 aromatic carbocycles. The molecule has 1 fully saturated rings. The van der Waals surface area contributed by atoms with Crippen molar-refractivity contribution >= 4 is 29.2 Å². The van der Waals surface area contributed by atoms with Crippen molar-refractivity contribution in [1.82, 2.24) is 19.8 Å². The molecule has 1 unspecified atom stereocenters. The number of hydrogen-bond donors (Lipinski definition) is 1. The van der Waals surface area contributed by atoms with Crippen LogP contribution in [0.2, 0.25) is 0 Å². The molecule has 0 radical (unpaired) electrons. The van der Waals surface area contributed by atoms with Crippen LogP contribution in [0.15, 0.2) is 95.3 Å². The van der Waals surface area contributed by atoms with E-state index in [0.717, 1.165) is 66.5 Å². The summed E-state index contributed by atoms with van der Waals surface area (Å²) in [6.07, 6.45) is 7.39. The summed E-state index contributed by atoms with van der Waals surface area (Å²) in [6.45, 7) is 4.36. The van der Waals surface area contributed by atoms with E-state index in [4.69, 9.17) is 11.0 Å². The number of nitrogens with two attached hydrogens (primary N) is 1. The second kappa shape index (κ2) is 11.2. The monoisotopic (exact) mass is 542 g/mol. The third-order valence-corrected chi connectivity index (χ3v) is 7.75. The summed E-state index contributed by atoms with van der Waals surface area (Å²) in [6, 6.07) is 22.8. The molecule has 3 aliphatic rings. The zero-order chi connectivity index (χ0) is 28.3. The minimum Gasteiger partial charge on any atom is -0.364 e. The molecule has 0 saturated carbocycles. The minimum absolute atomic E-state index is 0.132. The fourth-order valence-electron chi connectivity index (χ4n) is 5.61. The molecule has 3 aromatic rings. The van der Waals surface area contributed by atoms with E-state index >= 15 is 0 Å². The quantitative estimate of drug-likeness (QED) is 0.509. The van der Waals surface area contributed by atoms with Gasteiger partial charge in [0.25, 0.3) is 5.91 Å². The summed E-state index contributed by atoms with van der Waals surface area (Å²) < 4.78 is 0. The van der Waals surface area contributed by atoms with Gasteiger partial charge in [-0.25, -0.2) is 9.97 Å². The molecule has 4 heterocycles. The van der Waals surface area contributed by atoms with Crippen LogP contribution in [-0.4, -0.2) is 71.2 Å². The van der Waals surface area contributed by atoms with Gasteiger partial charge in [-0.2, -0.15) is 5.26 Å². The van der Waals surface area contributed by atoms with Crippen molar-refractivity contribution in [2.45, 2.75) is 12.6 Å². The third kappa shape index (κ3) is 5.38. The molecule has 1 saturated heterocycles. The lowest BCUT2D eigenvalue weighted by Crippen LogP contribution is -2.46. The smallest absolute Gasteiger partial charge is 0.267 e. The van der Waals surface area contributed by atoms with Gasteiger partial charge in [0.2, 0.25) is 5.82 Å². The van der Waals surface area contributed by atoms with Crippen molar-refractivity contribution < 1.29 is 4.79 Å². The van der Waals surface area contributed by atoms with Crippen LogP contribution in [0.5, 0.6) is 0 Å². The van der Waals surface area contributed by atoms with E-state index < -0.39 is 5.91 Å². The van der Waals surface area contributed by atoms with Gasteiger partial charge in [0.1, 0.15) is 17.6 Å². The Bertz CT molecular complexity index is 1620. The van der Waals surface area contributed by atoms with E-state index in [-0.39, 0.29) is 17.6 Å². The number of fused-ring (bicyclic) bond motifs is 1. The van der Waals surface area contributed by atoms with Crippen LogP contribution in [0, 0.1) is 11.3 Å². The Morgan fingerprint density at radius 1 is 1.02 bits per heavy atom. The highest BCUT2D eigenvalue weighted by molar-refractivity contribution is 6.03. The van der Waals surface area contributed by atoms with Crippen LogP contribution >= 0.6 is 0 Å². The van der Waals surface area contributed by atoms with Crippen molar-refractivity contribution in [3.63, 3.8) is 0 Å². The first-order chi connectivity index (χ1) is 20.0. The van der Waals surface area contributed by atoms with Gasteiger partial charge >= 0.3 is 0 Å². The normalized spacial score (nSPS) is 18.9. The molecule has 9 heteroatoms. The van der Waals surface area contributed by atoms with E-state index in [1.807, 2.05) is 36.4 Å². The first kappa shape index (κ1) is 26.2. The van der Waals surface area contributed by atoms with Crippen LogP contribution in [0.3, 0.4) is 0 Å². The number of rotatable bonds is 6. The summed E-state index contributed by atoms with van der Waals surface area (Å²) in [5, 5.41) is 9.10. The highest BCUT2D eigenvalue weighted by Crippen LogP contribution is 2.38. The number of allylic oxidation sites excluding steroid dienone is 2. The fourth-order valence-corrected chi connectivity index (χ4v) is 5.61. The maximum Gasteiger partial charge on any atom is 0.267 e. The van der Waals surface area contributed by atoms with E-state index in [1.165, 1.54) is 5.56 Å².